The summed E-state index contributed by atoms with van der Waals surface area (Å²) in [5, 5.41) is 8.04. The summed E-state index contributed by atoms with van der Waals surface area (Å²) in [5.41, 5.74) is 2.76. The van der Waals surface area contributed by atoms with E-state index in [1.807, 2.05) is 0 Å². The second-order valence-electron chi connectivity index (χ2n) is 4.43. The molecule has 0 unspecified atom stereocenters. The van der Waals surface area contributed by atoms with Gasteiger partial charge in [0.1, 0.15) is 4.60 Å². The van der Waals surface area contributed by atoms with E-state index in [0.29, 0.717) is 6.04 Å². The first-order valence-corrected chi connectivity index (χ1v) is 6.70. The van der Waals surface area contributed by atoms with Crippen LogP contribution >= 0.6 is 15.9 Å². The van der Waals surface area contributed by atoms with E-state index in [4.69, 9.17) is 4.74 Å². The minimum Gasteiger partial charge on any atom is -0.381 e. The summed E-state index contributed by atoms with van der Waals surface area (Å²) in [6, 6.07) is 0.534. The molecule has 2 aliphatic rings. The molecule has 3 rings (SSSR count). The molecule has 0 bridgehead atoms. The molecule has 5 heteroatoms. The molecule has 2 aliphatic heterocycles. The predicted octanol–water partition coefficient (Wildman–Crippen LogP) is 1.64. The Morgan fingerprint density at radius 1 is 1.38 bits per heavy atom. The first-order valence-electron chi connectivity index (χ1n) is 5.90. The summed E-state index contributed by atoms with van der Waals surface area (Å²) in [6.45, 7) is 3.75. The number of ether oxygens (including phenoxy) is 1. The van der Waals surface area contributed by atoms with Crippen LogP contribution in [0.3, 0.4) is 0 Å². The Kier molecular flexibility index (Phi) is 3.00. The van der Waals surface area contributed by atoms with Gasteiger partial charge in [0.2, 0.25) is 0 Å². The number of halogens is 1. The molecule has 0 amide bonds. The second kappa shape index (κ2) is 4.47. The molecule has 0 aromatic carbocycles. The Hall–Kier alpha value is -0.390. The summed E-state index contributed by atoms with van der Waals surface area (Å²) in [6.07, 6.45) is 3.27. The van der Waals surface area contributed by atoms with E-state index in [0.717, 1.165) is 50.2 Å². The molecule has 1 N–H and O–H groups in total. The molecule has 1 aromatic rings. The zero-order valence-electron chi connectivity index (χ0n) is 9.21. The third-order valence-electron chi connectivity index (χ3n) is 3.45. The van der Waals surface area contributed by atoms with E-state index in [-0.39, 0.29) is 0 Å². The average Bonchev–Trinajstić information content (AvgIpc) is 2.69. The lowest BCUT2D eigenvalue weighted by Gasteiger charge is -2.25. The van der Waals surface area contributed by atoms with Crippen molar-refractivity contribution in [1.82, 2.24) is 15.1 Å². The third kappa shape index (κ3) is 1.81. The monoisotopic (exact) mass is 285 g/mol. The highest BCUT2D eigenvalue weighted by Gasteiger charge is 2.24. The molecule has 0 aliphatic carbocycles. The van der Waals surface area contributed by atoms with E-state index in [1.54, 1.807) is 0 Å². The maximum atomic E-state index is 5.41. The smallest absolute Gasteiger partial charge is 0.132 e. The summed E-state index contributed by atoms with van der Waals surface area (Å²) in [5.74, 6) is 0. The Balaban J connectivity index is 1.93. The number of nitrogens with one attached hydrogen (secondary N) is 1. The first kappa shape index (κ1) is 10.7. The molecule has 3 heterocycles. The summed E-state index contributed by atoms with van der Waals surface area (Å²) >= 11 is 3.57. The van der Waals surface area contributed by atoms with E-state index in [9.17, 15) is 0 Å². The largest absolute Gasteiger partial charge is 0.381 e. The van der Waals surface area contributed by atoms with E-state index >= 15 is 0 Å². The fraction of sp³-hybridized carbons (Fsp3) is 0.727. The number of fused-ring (bicyclic) bond motifs is 1. The van der Waals surface area contributed by atoms with Gasteiger partial charge in [0.05, 0.1) is 6.04 Å². The van der Waals surface area contributed by atoms with E-state index in [2.05, 4.69) is 31.0 Å². The molecular weight excluding hydrogens is 270 g/mol. The molecule has 1 fully saturated rings. The van der Waals surface area contributed by atoms with Crippen molar-refractivity contribution in [3.05, 3.63) is 15.9 Å². The number of hydrogen-bond donors (Lipinski definition) is 1. The molecule has 1 aromatic heterocycles. The zero-order chi connectivity index (χ0) is 11.0. The Labute approximate surface area is 103 Å². The summed E-state index contributed by atoms with van der Waals surface area (Å²) < 4.78 is 8.66. The SMILES string of the molecule is Brc1nn(C2CCOCC2)c2c1CNCC2. The van der Waals surface area contributed by atoms with Gasteiger partial charge in [0, 0.05) is 44.0 Å². The number of nitrogens with zero attached hydrogens (tertiary/aromatic N) is 2. The lowest BCUT2D eigenvalue weighted by atomic mass is 10.1. The lowest BCUT2D eigenvalue weighted by Crippen LogP contribution is -2.27. The van der Waals surface area contributed by atoms with Gasteiger partial charge in [0.15, 0.2) is 0 Å². The average molecular weight is 286 g/mol. The topological polar surface area (TPSA) is 39.1 Å². The zero-order valence-corrected chi connectivity index (χ0v) is 10.8. The van der Waals surface area contributed by atoms with Crippen molar-refractivity contribution < 1.29 is 4.74 Å². The molecule has 0 spiro atoms. The Bertz CT molecular complexity index is 385. The van der Waals surface area contributed by atoms with Crippen LogP contribution in [0.15, 0.2) is 4.60 Å². The van der Waals surface area contributed by atoms with Crippen LogP contribution in [-0.4, -0.2) is 29.5 Å². The van der Waals surface area contributed by atoms with Crippen molar-refractivity contribution in [2.45, 2.75) is 31.8 Å². The van der Waals surface area contributed by atoms with Crippen LogP contribution in [0, 0.1) is 0 Å². The highest BCUT2D eigenvalue weighted by molar-refractivity contribution is 9.10. The lowest BCUT2D eigenvalue weighted by molar-refractivity contribution is 0.0652. The molecule has 4 nitrogen and oxygen atoms in total. The van der Waals surface area contributed by atoms with E-state index in [1.165, 1.54) is 11.3 Å². The number of aromatic nitrogens is 2. The molecule has 88 valence electrons. The van der Waals surface area contributed by atoms with Gasteiger partial charge in [0.25, 0.3) is 0 Å². The minimum atomic E-state index is 0.534. The standard InChI is InChI=1S/C11H16BrN3O/c12-11-9-7-13-4-1-10(9)15(14-11)8-2-5-16-6-3-8/h8,13H,1-7H2. The number of rotatable bonds is 1. The molecule has 16 heavy (non-hydrogen) atoms. The van der Waals surface area contributed by atoms with Crippen LogP contribution in [0.25, 0.3) is 0 Å². The van der Waals surface area contributed by atoms with Crippen LogP contribution in [0.5, 0.6) is 0 Å². The van der Waals surface area contributed by atoms with Gasteiger partial charge in [-0.1, -0.05) is 0 Å². The van der Waals surface area contributed by atoms with Crippen LogP contribution in [0.4, 0.5) is 0 Å². The summed E-state index contributed by atoms with van der Waals surface area (Å²) in [7, 11) is 0. The van der Waals surface area contributed by atoms with Crippen LogP contribution < -0.4 is 5.32 Å². The Morgan fingerprint density at radius 2 is 2.19 bits per heavy atom. The van der Waals surface area contributed by atoms with Gasteiger partial charge in [-0.2, -0.15) is 5.10 Å². The quantitative estimate of drug-likeness (QED) is 0.853. The molecule has 0 radical (unpaired) electrons. The number of hydrogen-bond acceptors (Lipinski definition) is 3. The van der Waals surface area contributed by atoms with Gasteiger partial charge >= 0.3 is 0 Å². The van der Waals surface area contributed by atoms with Crippen LogP contribution in [-0.2, 0) is 17.7 Å². The molecule has 0 saturated carbocycles. The summed E-state index contributed by atoms with van der Waals surface area (Å²) in [4.78, 5) is 0. The van der Waals surface area contributed by atoms with Crippen molar-refractivity contribution in [1.29, 1.82) is 0 Å². The maximum Gasteiger partial charge on any atom is 0.132 e. The normalized spacial score (nSPS) is 22.1. The molecule has 0 atom stereocenters. The second-order valence-corrected chi connectivity index (χ2v) is 5.18. The van der Waals surface area contributed by atoms with Crippen molar-refractivity contribution in [3.8, 4) is 0 Å². The Morgan fingerprint density at radius 3 is 3.00 bits per heavy atom. The minimum absolute atomic E-state index is 0.534. The van der Waals surface area contributed by atoms with Gasteiger partial charge in [-0.25, -0.2) is 0 Å². The molecule has 1 saturated heterocycles. The highest BCUT2D eigenvalue weighted by atomic mass is 79.9. The fourth-order valence-electron chi connectivity index (χ4n) is 2.56. The van der Waals surface area contributed by atoms with Crippen molar-refractivity contribution in [3.63, 3.8) is 0 Å². The predicted molar refractivity (Wildman–Crippen MR) is 64.4 cm³/mol. The first-order chi connectivity index (χ1) is 7.86. The fourth-order valence-corrected chi connectivity index (χ4v) is 3.10. The van der Waals surface area contributed by atoms with Crippen molar-refractivity contribution in [2.75, 3.05) is 19.8 Å². The van der Waals surface area contributed by atoms with Gasteiger partial charge in [-0.3, -0.25) is 4.68 Å². The maximum absolute atomic E-state index is 5.41. The van der Waals surface area contributed by atoms with E-state index < -0.39 is 0 Å². The van der Waals surface area contributed by atoms with Crippen LogP contribution in [0.2, 0.25) is 0 Å². The highest BCUT2D eigenvalue weighted by Crippen LogP contribution is 2.29. The third-order valence-corrected chi connectivity index (χ3v) is 4.08. The van der Waals surface area contributed by atoms with Crippen molar-refractivity contribution in [2.24, 2.45) is 0 Å². The van der Waals surface area contributed by atoms with Gasteiger partial charge < -0.3 is 10.1 Å². The van der Waals surface area contributed by atoms with Crippen LogP contribution in [0.1, 0.15) is 30.1 Å². The van der Waals surface area contributed by atoms with Gasteiger partial charge in [-0.05, 0) is 28.8 Å². The van der Waals surface area contributed by atoms with Crippen molar-refractivity contribution >= 4 is 15.9 Å². The van der Waals surface area contributed by atoms with Gasteiger partial charge in [-0.15, -0.1) is 0 Å². The molecular formula is C11H16BrN3O.